The zero-order valence-corrected chi connectivity index (χ0v) is 13.4. The summed E-state index contributed by atoms with van der Waals surface area (Å²) in [4.78, 5) is 16.7. The molecule has 2 rings (SSSR count). The van der Waals surface area contributed by atoms with Gasteiger partial charge < -0.3 is 20.1 Å². The van der Waals surface area contributed by atoms with Gasteiger partial charge in [0.1, 0.15) is 0 Å². The van der Waals surface area contributed by atoms with E-state index in [0.29, 0.717) is 26.2 Å². The van der Waals surface area contributed by atoms with Crippen LogP contribution in [0, 0.1) is 0 Å². The average Bonchev–Trinajstić information content (AvgIpc) is 2.49. The molecule has 1 amide bonds. The van der Waals surface area contributed by atoms with Gasteiger partial charge in [0.25, 0.3) is 0 Å². The fourth-order valence-electron chi connectivity index (χ4n) is 3.13. The predicted octanol–water partition coefficient (Wildman–Crippen LogP) is -0.836. The Kier molecular flexibility index (Phi) is 6.96. The van der Waals surface area contributed by atoms with Gasteiger partial charge in [-0.05, 0) is 38.8 Å². The van der Waals surface area contributed by atoms with Crippen molar-refractivity contribution in [3.8, 4) is 0 Å². The molecule has 120 valence electrons. The fraction of sp³-hybridized carbons (Fsp3) is 0.929. The van der Waals surface area contributed by atoms with Crippen LogP contribution in [0.25, 0.3) is 0 Å². The molecule has 1 saturated carbocycles. The second-order valence-electron chi connectivity index (χ2n) is 6.33. The first kappa shape index (κ1) is 16.7. The highest BCUT2D eigenvalue weighted by molar-refractivity contribution is 6.23. The molecule has 1 saturated heterocycles. The lowest BCUT2D eigenvalue weighted by atomic mass is 9.89. The molecular formula is C14H29BN4O2. The summed E-state index contributed by atoms with van der Waals surface area (Å²) in [7, 11) is 4.45. The standard InChI is InChI=1S/C14H29BN4O2/c1-18-7-9-19(10-8-18)11-14(20)16-12-3-5-13(6-4-12)17-15-21-2/h12-13,15,17H,3-11H2,1-2H3,(H,16,20)/t12-,13-. The number of rotatable bonds is 6. The maximum Gasteiger partial charge on any atom is 0.360 e. The zero-order chi connectivity index (χ0) is 15.1. The van der Waals surface area contributed by atoms with Gasteiger partial charge in [0.05, 0.1) is 6.54 Å². The second kappa shape index (κ2) is 8.73. The third-order valence-electron chi connectivity index (χ3n) is 4.57. The Hall–Kier alpha value is -0.625. The van der Waals surface area contributed by atoms with E-state index < -0.39 is 0 Å². The Labute approximate surface area is 128 Å². The van der Waals surface area contributed by atoms with E-state index in [2.05, 4.69) is 27.4 Å². The van der Waals surface area contributed by atoms with Crippen LogP contribution in [-0.4, -0.2) is 82.3 Å². The monoisotopic (exact) mass is 296 g/mol. The van der Waals surface area contributed by atoms with E-state index in [-0.39, 0.29) is 5.91 Å². The largest absolute Gasteiger partial charge is 0.427 e. The zero-order valence-electron chi connectivity index (χ0n) is 13.4. The summed E-state index contributed by atoms with van der Waals surface area (Å²) in [5, 5.41) is 6.57. The quantitative estimate of drug-likeness (QED) is 0.626. The van der Waals surface area contributed by atoms with Gasteiger partial charge in [0.15, 0.2) is 0 Å². The molecule has 2 fully saturated rings. The van der Waals surface area contributed by atoms with Crippen LogP contribution in [0.1, 0.15) is 25.7 Å². The van der Waals surface area contributed by atoms with Crippen LogP contribution in [0.15, 0.2) is 0 Å². The molecule has 0 unspecified atom stereocenters. The van der Waals surface area contributed by atoms with Crippen molar-refractivity contribution in [2.75, 3.05) is 46.9 Å². The smallest absolute Gasteiger partial charge is 0.360 e. The van der Waals surface area contributed by atoms with Gasteiger partial charge in [-0.1, -0.05) is 0 Å². The summed E-state index contributed by atoms with van der Waals surface area (Å²) in [5.74, 6) is 0.188. The summed E-state index contributed by atoms with van der Waals surface area (Å²) >= 11 is 0. The van der Waals surface area contributed by atoms with Gasteiger partial charge in [-0.2, -0.15) is 0 Å². The lowest BCUT2D eigenvalue weighted by Crippen LogP contribution is -2.50. The van der Waals surface area contributed by atoms with Gasteiger partial charge >= 0.3 is 7.62 Å². The molecule has 21 heavy (non-hydrogen) atoms. The van der Waals surface area contributed by atoms with Crippen molar-refractivity contribution in [3.63, 3.8) is 0 Å². The lowest BCUT2D eigenvalue weighted by Gasteiger charge is -2.33. The normalized spacial score (nSPS) is 28.3. The molecule has 6 nitrogen and oxygen atoms in total. The van der Waals surface area contributed by atoms with Crippen molar-refractivity contribution in [1.82, 2.24) is 20.3 Å². The molecule has 0 atom stereocenters. The van der Waals surface area contributed by atoms with E-state index >= 15 is 0 Å². The number of hydrogen-bond acceptors (Lipinski definition) is 5. The molecule has 0 aromatic carbocycles. The molecule has 1 heterocycles. The highest BCUT2D eigenvalue weighted by atomic mass is 16.4. The number of likely N-dealkylation sites (N-methyl/N-ethyl adjacent to an activating group) is 1. The minimum atomic E-state index is 0.188. The Morgan fingerprint density at radius 1 is 1.14 bits per heavy atom. The molecule has 0 spiro atoms. The van der Waals surface area contributed by atoms with E-state index in [4.69, 9.17) is 4.65 Å². The van der Waals surface area contributed by atoms with Crippen molar-refractivity contribution in [1.29, 1.82) is 0 Å². The van der Waals surface area contributed by atoms with Gasteiger partial charge in [-0.3, -0.25) is 9.69 Å². The van der Waals surface area contributed by atoms with Crippen LogP contribution in [0.5, 0.6) is 0 Å². The molecule has 0 radical (unpaired) electrons. The minimum absolute atomic E-state index is 0.188. The summed E-state index contributed by atoms with van der Waals surface area (Å²) in [6.45, 7) is 4.66. The predicted molar refractivity (Wildman–Crippen MR) is 85.4 cm³/mol. The lowest BCUT2D eigenvalue weighted by molar-refractivity contribution is -0.123. The van der Waals surface area contributed by atoms with E-state index in [1.165, 1.54) is 0 Å². The Morgan fingerprint density at radius 2 is 1.76 bits per heavy atom. The van der Waals surface area contributed by atoms with E-state index in [1.807, 2.05) is 0 Å². The highest BCUT2D eigenvalue weighted by Crippen LogP contribution is 2.18. The third-order valence-corrected chi connectivity index (χ3v) is 4.57. The summed E-state index contributed by atoms with van der Waals surface area (Å²) < 4.78 is 5.04. The van der Waals surface area contributed by atoms with Gasteiger partial charge in [-0.15, -0.1) is 0 Å². The molecule has 2 N–H and O–H groups in total. The molecular weight excluding hydrogens is 267 g/mol. The number of carbonyl (C=O) groups is 1. The highest BCUT2D eigenvalue weighted by Gasteiger charge is 2.23. The number of piperazine rings is 1. The van der Waals surface area contributed by atoms with Crippen molar-refractivity contribution >= 4 is 13.5 Å². The average molecular weight is 296 g/mol. The van der Waals surface area contributed by atoms with Crippen LogP contribution in [0.2, 0.25) is 0 Å². The number of amides is 1. The summed E-state index contributed by atoms with van der Waals surface area (Å²) in [6, 6.07) is 0.890. The van der Waals surface area contributed by atoms with Crippen molar-refractivity contribution in [2.45, 2.75) is 37.8 Å². The first-order valence-electron chi connectivity index (χ1n) is 8.10. The molecule has 7 heteroatoms. The summed E-state index contributed by atoms with van der Waals surface area (Å²) in [6.07, 6.45) is 4.36. The molecule has 2 aliphatic rings. The second-order valence-corrected chi connectivity index (χ2v) is 6.33. The topological polar surface area (TPSA) is 56.8 Å². The van der Waals surface area contributed by atoms with Crippen LogP contribution in [-0.2, 0) is 9.45 Å². The number of hydrogen-bond donors (Lipinski definition) is 2. The van der Waals surface area contributed by atoms with E-state index in [9.17, 15) is 4.79 Å². The Morgan fingerprint density at radius 3 is 2.38 bits per heavy atom. The van der Waals surface area contributed by atoms with Crippen LogP contribution >= 0.6 is 0 Å². The molecule has 1 aliphatic carbocycles. The van der Waals surface area contributed by atoms with E-state index in [0.717, 1.165) is 51.9 Å². The van der Waals surface area contributed by atoms with Gasteiger partial charge in [0, 0.05) is 39.3 Å². The Balaban J connectivity index is 1.60. The number of carbonyl (C=O) groups excluding carboxylic acids is 1. The fourth-order valence-corrected chi connectivity index (χ4v) is 3.13. The van der Waals surface area contributed by atoms with Gasteiger partial charge in [-0.25, -0.2) is 0 Å². The maximum absolute atomic E-state index is 12.1. The third kappa shape index (κ3) is 5.94. The van der Waals surface area contributed by atoms with Crippen LogP contribution in [0.3, 0.4) is 0 Å². The molecule has 1 aliphatic heterocycles. The molecule has 0 aromatic rings. The first-order chi connectivity index (χ1) is 10.2. The number of nitrogens with one attached hydrogen (secondary N) is 2. The first-order valence-corrected chi connectivity index (χ1v) is 8.10. The van der Waals surface area contributed by atoms with Crippen molar-refractivity contribution in [2.24, 2.45) is 0 Å². The van der Waals surface area contributed by atoms with Gasteiger partial charge in [0.2, 0.25) is 5.91 Å². The SMILES string of the molecule is COBN[C@H]1CC[C@H](NC(=O)CN2CCN(C)CC2)CC1. The number of nitrogens with zero attached hydrogens (tertiary/aromatic N) is 2. The maximum atomic E-state index is 12.1. The van der Waals surface area contributed by atoms with Crippen molar-refractivity contribution < 1.29 is 9.45 Å². The van der Waals surface area contributed by atoms with E-state index in [1.54, 1.807) is 7.11 Å². The minimum Gasteiger partial charge on any atom is -0.427 e. The van der Waals surface area contributed by atoms with Crippen molar-refractivity contribution in [3.05, 3.63) is 0 Å². The molecule has 0 aromatic heterocycles. The van der Waals surface area contributed by atoms with Crippen LogP contribution in [0.4, 0.5) is 0 Å². The Bertz CT molecular complexity index is 316. The molecule has 0 bridgehead atoms. The summed E-state index contributed by atoms with van der Waals surface area (Å²) in [5.41, 5.74) is 0. The van der Waals surface area contributed by atoms with Crippen LogP contribution < -0.4 is 10.5 Å².